The Morgan fingerprint density at radius 3 is 2.39 bits per heavy atom. The van der Waals surface area contributed by atoms with E-state index in [2.05, 4.69) is 5.32 Å². The van der Waals surface area contributed by atoms with Crippen LogP contribution < -0.4 is 5.32 Å². The van der Waals surface area contributed by atoms with Crippen LogP contribution in [0.5, 0.6) is 0 Å². The molecule has 1 N–H and O–H groups in total. The zero-order valence-corrected chi connectivity index (χ0v) is 14.1. The summed E-state index contributed by atoms with van der Waals surface area (Å²) in [4.78, 5) is 25.8. The van der Waals surface area contributed by atoms with Crippen molar-refractivity contribution in [1.82, 2.24) is 4.90 Å². The highest BCUT2D eigenvalue weighted by atomic mass is 35.5. The number of carbonyl (C=O) groups is 2. The normalized spacial score (nSPS) is 10.3. The largest absolute Gasteiger partial charge is 0.332 e. The number of rotatable bonds is 4. The van der Waals surface area contributed by atoms with Gasteiger partial charge in [-0.1, -0.05) is 23.7 Å². The maximum Gasteiger partial charge on any atom is 0.254 e. The third-order valence-electron chi connectivity index (χ3n) is 3.49. The van der Waals surface area contributed by atoms with E-state index in [1.807, 2.05) is 32.0 Å². The fraction of sp³-hybridized carbons (Fsp3) is 0.222. The Labute approximate surface area is 141 Å². The molecule has 5 heteroatoms. The molecular weight excluding hydrogens is 312 g/mol. The van der Waals surface area contributed by atoms with Gasteiger partial charge in [0.05, 0.1) is 6.54 Å². The van der Waals surface area contributed by atoms with E-state index in [-0.39, 0.29) is 18.4 Å². The molecule has 0 heterocycles. The lowest BCUT2D eigenvalue weighted by Crippen LogP contribution is -2.35. The van der Waals surface area contributed by atoms with Crippen molar-refractivity contribution >= 4 is 29.1 Å². The lowest BCUT2D eigenvalue weighted by Gasteiger charge is -2.17. The SMILES string of the molecule is Cc1ccc(C)c(NC(=O)CN(C)C(=O)c2ccc(Cl)cc2)c1. The maximum absolute atomic E-state index is 12.3. The van der Waals surface area contributed by atoms with E-state index in [1.165, 1.54) is 4.90 Å². The summed E-state index contributed by atoms with van der Waals surface area (Å²) in [6.45, 7) is 3.87. The Morgan fingerprint density at radius 2 is 1.74 bits per heavy atom. The Kier molecular flexibility index (Phi) is 5.40. The molecular formula is C18H19ClN2O2. The van der Waals surface area contributed by atoms with E-state index in [4.69, 9.17) is 11.6 Å². The van der Waals surface area contributed by atoms with Crippen molar-refractivity contribution in [2.24, 2.45) is 0 Å². The number of likely N-dealkylation sites (N-methyl/N-ethyl adjacent to an activating group) is 1. The molecule has 2 aromatic rings. The molecule has 120 valence electrons. The van der Waals surface area contributed by atoms with Gasteiger partial charge in [0.1, 0.15) is 0 Å². The first-order valence-corrected chi connectivity index (χ1v) is 7.63. The molecule has 0 aliphatic carbocycles. The summed E-state index contributed by atoms with van der Waals surface area (Å²) in [6, 6.07) is 12.4. The van der Waals surface area contributed by atoms with Crippen LogP contribution in [0, 0.1) is 13.8 Å². The highest BCUT2D eigenvalue weighted by Crippen LogP contribution is 2.16. The second kappa shape index (κ2) is 7.29. The smallest absolute Gasteiger partial charge is 0.254 e. The van der Waals surface area contributed by atoms with Gasteiger partial charge in [0.25, 0.3) is 5.91 Å². The van der Waals surface area contributed by atoms with Crippen molar-refractivity contribution < 1.29 is 9.59 Å². The Bertz CT molecular complexity index is 726. The van der Waals surface area contributed by atoms with E-state index >= 15 is 0 Å². The molecule has 0 aromatic heterocycles. The van der Waals surface area contributed by atoms with Crippen molar-refractivity contribution in [3.05, 3.63) is 64.2 Å². The molecule has 0 unspecified atom stereocenters. The van der Waals surface area contributed by atoms with Gasteiger partial charge in [0.15, 0.2) is 0 Å². The number of benzene rings is 2. The van der Waals surface area contributed by atoms with Crippen LogP contribution in [0.4, 0.5) is 5.69 Å². The fourth-order valence-electron chi connectivity index (χ4n) is 2.16. The molecule has 0 saturated carbocycles. The van der Waals surface area contributed by atoms with Crippen LogP contribution >= 0.6 is 11.6 Å². The Hall–Kier alpha value is -2.33. The van der Waals surface area contributed by atoms with Crippen molar-refractivity contribution in [3.8, 4) is 0 Å². The van der Waals surface area contributed by atoms with Gasteiger partial charge >= 0.3 is 0 Å². The molecule has 0 spiro atoms. The minimum atomic E-state index is -0.233. The zero-order chi connectivity index (χ0) is 17.0. The van der Waals surface area contributed by atoms with Crippen LogP contribution in [0.3, 0.4) is 0 Å². The average molecular weight is 331 g/mol. The summed E-state index contributed by atoms with van der Waals surface area (Å²) in [5, 5.41) is 3.41. The van der Waals surface area contributed by atoms with Crippen molar-refractivity contribution in [3.63, 3.8) is 0 Å². The van der Waals surface area contributed by atoms with Crippen molar-refractivity contribution in [2.45, 2.75) is 13.8 Å². The van der Waals surface area contributed by atoms with Crippen LogP contribution in [0.15, 0.2) is 42.5 Å². The third kappa shape index (κ3) is 4.57. The van der Waals surface area contributed by atoms with Crippen LogP contribution in [0.25, 0.3) is 0 Å². The lowest BCUT2D eigenvalue weighted by molar-refractivity contribution is -0.116. The molecule has 2 aromatic carbocycles. The summed E-state index contributed by atoms with van der Waals surface area (Å²) in [5.41, 5.74) is 3.31. The number of hydrogen-bond acceptors (Lipinski definition) is 2. The van der Waals surface area contributed by atoms with E-state index in [0.717, 1.165) is 16.8 Å². The number of halogens is 1. The molecule has 0 atom stereocenters. The van der Waals surface area contributed by atoms with Gasteiger partial charge in [0, 0.05) is 23.3 Å². The standard InChI is InChI=1S/C18H19ClN2O2/c1-12-4-5-13(2)16(10-12)20-17(22)11-21(3)18(23)14-6-8-15(19)9-7-14/h4-10H,11H2,1-3H3,(H,20,22). The minimum Gasteiger partial charge on any atom is -0.332 e. The first-order chi connectivity index (χ1) is 10.9. The van der Waals surface area contributed by atoms with Gasteiger partial charge in [-0.3, -0.25) is 9.59 Å². The first kappa shape index (κ1) is 17.0. The van der Waals surface area contributed by atoms with E-state index in [1.54, 1.807) is 31.3 Å². The molecule has 4 nitrogen and oxygen atoms in total. The lowest BCUT2D eigenvalue weighted by atomic mass is 10.1. The van der Waals surface area contributed by atoms with E-state index < -0.39 is 0 Å². The molecule has 0 saturated heterocycles. The highest BCUT2D eigenvalue weighted by molar-refractivity contribution is 6.30. The zero-order valence-electron chi connectivity index (χ0n) is 13.4. The summed E-state index contributed by atoms with van der Waals surface area (Å²) < 4.78 is 0. The fourth-order valence-corrected chi connectivity index (χ4v) is 2.29. The quantitative estimate of drug-likeness (QED) is 0.930. The molecule has 0 aliphatic heterocycles. The second-order valence-corrected chi connectivity index (χ2v) is 5.97. The van der Waals surface area contributed by atoms with Gasteiger partial charge in [-0.25, -0.2) is 0 Å². The van der Waals surface area contributed by atoms with Gasteiger partial charge in [0.2, 0.25) is 5.91 Å². The summed E-state index contributed by atoms with van der Waals surface area (Å²) in [7, 11) is 1.60. The Morgan fingerprint density at radius 1 is 1.09 bits per heavy atom. The molecule has 0 aliphatic rings. The highest BCUT2D eigenvalue weighted by Gasteiger charge is 2.15. The molecule has 2 rings (SSSR count). The van der Waals surface area contributed by atoms with Crippen LogP contribution in [0.1, 0.15) is 21.5 Å². The molecule has 0 radical (unpaired) electrons. The van der Waals surface area contributed by atoms with E-state index in [9.17, 15) is 9.59 Å². The summed E-state index contributed by atoms with van der Waals surface area (Å²) in [6.07, 6.45) is 0. The monoisotopic (exact) mass is 330 g/mol. The van der Waals surface area contributed by atoms with Gasteiger partial charge < -0.3 is 10.2 Å². The second-order valence-electron chi connectivity index (χ2n) is 5.53. The molecule has 0 bridgehead atoms. The van der Waals surface area contributed by atoms with Gasteiger partial charge in [-0.15, -0.1) is 0 Å². The number of carbonyl (C=O) groups excluding carboxylic acids is 2. The predicted molar refractivity (Wildman–Crippen MR) is 93.0 cm³/mol. The number of aryl methyl sites for hydroxylation is 2. The predicted octanol–water partition coefficient (Wildman–Crippen LogP) is 3.67. The van der Waals surface area contributed by atoms with Crippen LogP contribution in [-0.2, 0) is 4.79 Å². The summed E-state index contributed by atoms with van der Waals surface area (Å²) in [5.74, 6) is -0.457. The Balaban J connectivity index is 2.00. The first-order valence-electron chi connectivity index (χ1n) is 7.25. The number of nitrogens with zero attached hydrogens (tertiary/aromatic N) is 1. The van der Waals surface area contributed by atoms with Crippen molar-refractivity contribution in [1.29, 1.82) is 0 Å². The minimum absolute atomic E-state index is 0.0190. The molecule has 23 heavy (non-hydrogen) atoms. The summed E-state index contributed by atoms with van der Waals surface area (Å²) >= 11 is 5.81. The average Bonchev–Trinajstić information content (AvgIpc) is 2.51. The van der Waals surface area contributed by atoms with Crippen LogP contribution in [0.2, 0.25) is 5.02 Å². The van der Waals surface area contributed by atoms with Crippen molar-refractivity contribution in [2.75, 3.05) is 18.9 Å². The van der Waals surface area contributed by atoms with Crippen LogP contribution in [-0.4, -0.2) is 30.3 Å². The topological polar surface area (TPSA) is 49.4 Å². The maximum atomic E-state index is 12.3. The number of amides is 2. The number of anilines is 1. The number of nitrogens with one attached hydrogen (secondary N) is 1. The van der Waals surface area contributed by atoms with Gasteiger partial charge in [-0.2, -0.15) is 0 Å². The molecule has 2 amide bonds. The number of hydrogen-bond donors (Lipinski definition) is 1. The van der Waals surface area contributed by atoms with Gasteiger partial charge in [-0.05, 0) is 55.3 Å². The third-order valence-corrected chi connectivity index (χ3v) is 3.74. The van der Waals surface area contributed by atoms with E-state index in [0.29, 0.717) is 10.6 Å². The molecule has 0 fully saturated rings.